The van der Waals surface area contributed by atoms with Gasteiger partial charge in [-0.05, 0) is 36.1 Å². The van der Waals surface area contributed by atoms with Crippen LogP contribution in [0.2, 0.25) is 0 Å². The Morgan fingerprint density at radius 2 is 1.48 bits per heavy atom. The van der Waals surface area contributed by atoms with Crippen LogP contribution in [-0.4, -0.2) is 23.3 Å². The van der Waals surface area contributed by atoms with Gasteiger partial charge in [-0.3, -0.25) is 9.59 Å². The number of amides is 2. The third kappa shape index (κ3) is 5.75. The third-order valence-electron chi connectivity index (χ3n) is 4.41. The minimum atomic E-state index is -0.0423. The SMILES string of the molecule is CC(=O)N(CCC(=O)NCc1ccccc1C)Cc1ccccc1C. The molecule has 0 aliphatic heterocycles. The normalized spacial score (nSPS) is 10.4. The van der Waals surface area contributed by atoms with E-state index in [0.717, 1.165) is 22.3 Å². The molecule has 132 valence electrons. The predicted molar refractivity (Wildman–Crippen MR) is 99.9 cm³/mol. The lowest BCUT2D eigenvalue weighted by atomic mass is 10.1. The summed E-state index contributed by atoms with van der Waals surface area (Å²) < 4.78 is 0. The molecule has 0 spiro atoms. The first-order chi connectivity index (χ1) is 12.0. The van der Waals surface area contributed by atoms with E-state index < -0.39 is 0 Å². The number of nitrogens with zero attached hydrogens (tertiary/aromatic N) is 1. The van der Waals surface area contributed by atoms with Crippen LogP contribution in [0.4, 0.5) is 0 Å². The molecule has 1 N–H and O–H groups in total. The highest BCUT2D eigenvalue weighted by atomic mass is 16.2. The molecule has 2 aromatic carbocycles. The van der Waals surface area contributed by atoms with Crippen LogP contribution < -0.4 is 5.32 Å². The highest BCUT2D eigenvalue weighted by Crippen LogP contribution is 2.11. The van der Waals surface area contributed by atoms with Crippen LogP contribution in [0.1, 0.15) is 35.6 Å². The molecule has 0 radical (unpaired) electrons. The second kappa shape index (κ2) is 9.02. The van der Waals surface area contributed by atoms with Crippen molar-refractivity contribution in [2.45, 2.75) is 40.3 Å². The molecule has 0 saturated heterocycles. The summed E-state index contributed by atoms with van der Waals surface area (Å²) in [5.41, 5.74) is 4.53. The highest BCUT2D eigenvalue weighted by molar-refractivity contribution is 5.78. The molecule has 0 fully saturated rings. The second-order valence-corrected chi connectivity index (χ2v) is 6.32. The van der Waals surface area contributed by atoms with Gasteiger partial charge in [0.15, 0.2) is 0 Å². The van der Waals surface area contributed by atoms with Crippen LogP contribution in [0, 0.1) is 13.8 Å². The summed E-state index contributed by atoms with van der Waals surface area (Å²) in [6.07, 6.45) is 0.303. The summed E-state index contributed by atoms with van der Waals surface area (Å²) in [7, 11) is 0. The molecular formula is C21H26N2O2. The Hall–Kier alpha value is -2.62. The van der Waals surface area contributed by atoms with Gasteiger partial charge in [-0.15, -0.1) is 0 Å². The number of benzene rings is 2. The van der Waals surface area contributed by atoms with Crippen LogP contribution in [0.25, 0.3) is 0 Å². The summed E-state index contributed by atoms with van der Waals surface area (Å²) >= 11 is 0. The summed E-state index contributed by atoms with van der Waals surface area (Å²) in [6, 6.07) is 16.0. The molecule has 4 nitrogen and oxygen atoms in total. The lowest BCUT2D eigenvalue weighted by Gasteiger charge is -2.22. The van der Waals surface area contributed by atoms with E-state index in [0.29, 0.717) is 26.1 Å². The van der Waals surface area contributed by atoms with E-state index in [1.807, 2.05) is 62.4 Å². The maximum atomic E-state index is 12.1. The molecule has 2 amide bonds. The molecule has 0 bridgehead atoms. The average Bonchev–Trinajstić information content (AvgIpc) is 2.59. The molecule has 0 aromatic heterocycles. The maximum Gasteiger partial charge on any atom is 0.222 e. The van der Waals surface area contributed by atoms with E-state index in [-0.39, 0.29) is 11.8 Å². The quantitative estimate of drug-likeness (QED) is 0.841. The van der Waals surface area contributed by atoms with Crippen molar-refractivity contribution in [3.8, 4) is 0 Å². The van der Waals surface area contributed by atoms with E-state index >= 15 is 0 Å². The number of nitrogens with one attached hydrogen (secondary N) is 1. The van der Waals surface area contributed by atoms with Gasteiger partial charge in [-0.1, -0.05) is 48.5 Å². The molecule has 0 heterocycles. The zero-order valence-corrected chi connectivity index (χ0v) is 15.2. The number of hydrogen-bond acceptors (Lipinski definition) is 2. The maximum absolute atomic E-state index is 12.1. The zero-order chi connectivity index (χ0) is 18.2. The first-order valence-electron chi connectivity index (χ1n) is 8.58. The topological polar surface area (TPSA) is 49.4 Å². The Morgan fingerprint density at radius 1 is 0.920 bits per heavy atom. The van der Waals surface area contributed by atoms with E-state index in [1.54, 1.807) is 11.8 Å². The molecule has 25 heavy (non-hydrogen) atoms. The minimum absolute atomic E-state index is 0.0186. The molecule has 0 saturated carbocycles. The Bertz CT molecular complexity index is 740. The lowest BCUT2D eigenvalue weighted by molar-refractivity contribution is -0.130. The summed E-state index contributed by atoms with van der Waals surface area (Å²) in [4.78, 5) is 25.7. The van der Waals surface area contributed by atoms with Crippen molar-refractivity contribution in [2.24, 2.45) is 0 Å². The molecule has 2 rings (SSSR count). The lowest BCUT2D eigenvalue weighted by Crippen LogP contribution is -2.33. The van der Waals surface area contributed by atoms with Gasteiger partial charge < -0.3 is 10.2 Å². The van der Waals surface area contributed by atoms with Crippen LogP contribution >= 0.6 is 0 Å². The first-order valence-corrected chi connectivity index (χ1v) is 8.58. The van der Waals surface area contributed by atoms with Crippen LogP contribution in [-0.2, 0) is 22.7 Å². The summed E-state index contributed by atoms with van der Waals surface area (Å²) in [5, 5.41) is 2.93. The Balaban J connectivity index is 1.86. The van der Waals surface area contributed by atoms with Crippen molar-refractivity contribution < 1.29 is 9.59 Å². The van der Waals surface area contributed by atoms with Gasteiger partial charge in [0.25, 0.3) is 0 Å². The third-order valence-corrected chi connectivity index (χ3v) is 4.41. The van der Waals surface area contributed by atoms with Gasteiger partial charge in [0.05, 0.1) is 0 Å². The van der Waals surface area contributed by atoms with Crippen molar-refractivity contribution in [1.82, 2.24) is 10.2 Å². The van der Waals surface area contributed by atoms with E-state index in [2.05, 4.69) is 5.32 Å². The monoisotopic (exact) mass is 338 g/mol. The van der Waals surface area contributed by atoms with Crippen molar-refractivity contribution in [1.29, 1.82) is 0 Å². The number of carbonyl (C=O) groups excluding carboxylic acids is 2. The molecule has 4 heteroatoms. The molecule has 0 unspecified atom stereocenters. The fourth-order valence-electron chi connectivity index (χ4n) is 2.67. The number of aryl methyl sites for hydroxylation is 2. The second-order valence-electron chi connectivity index (χ2n) is 6.32. The smallest absolute Gasteiger partial charge is 0.222 e. The Morgan fingerprint density at radius 3 is 2.04 bits per heavy atom. The van der Waals surface area contributed by atoms with Crippen molar-refractivity contribution in [3.05, 3.63) is 70.8 Å². The van der Waals surface area contributed by atoms with Crippen LogP contribution in [0.3, 0.4) is 0 Å². The molecule has 0 aliphatic carbocycles. The fourth-order valence-corrected chi connectivity index (χ4v) is 2.67. The molecular weight excluding hydrogens is 312 g/mol. The fraction of sp³-hybridized carbons (Fsp3) is 0.333. The molecule has 2 aromatic rings. The van der Waals surface area contributed by atoms with Crippen molar-refractivity contribution in [2.75, 3.05) is 6.54 Å². The van der Waals surface area contributed by atoms with E-state index in [4.69, 9.17) is 0 Å². The zero-order valence-electron chi connectivity index (χ0n) is 15.2. The van der Waals surface area contributed by atoms with Crippen LogP contribution in [0.15, 0.2) is 48.5 Å². The van der Waals surface area contributed by atoms with Gasteiger partial charge in [-0.25, -0.2) is 0 Å². The molecule has 0 aliphatic rings. The number of carbonyl (C=O) groups is 2. The Labute approximate surface area is 149 Å². The summed E-state index contributed by atoms with van der Waals surface area (Å²) in [6.45, 7) is 7.08. The Kier molecular flexibility index (Phi) is 6.75. The van der Waals surface area contributed by atoms with Gasteiger partial charge in [-0.2, -0.15) is 0 Å². The predicted octanol–water partition coefficient (Wildman–Crippen LogP) is 3.36. The van der Waals surface area contributed by atoms with Gasteiger partial charge in [0.2, 0.25) is 11.8 Å². The van der Waals surface area contributed by atoms with E-state index in [1.165, 1.54) is 0 Å². The first kappa shape index (κ1) is 18.7. The number of hydrogen-bond donors (Lipinski definition) is 1. The highest BCUT2D eigenvalue weighted by Gasteiger charge is 2.13. The minimum Gasteiger partial charge on any atom is -0.352 e. The van der Waals surface area contributed by atoms with Gasteiger partial charge >= 0.3 is 0 Å². The van der Waals surface area contributed by atoms with Crippen LogP contribution in [0.5, 0.6) is 0 Å². The van der Waals surface area contributed by atoms with E-state index in [9.17, 15) is 9.59 Å². The summed E-state index contributed by atoms with van der Waals surface area (Å²) in [5.74, 6) is -0.0609. The van der Waals surface area contributed by atoms with Crippen molar-refractivity contribution in [3.63, 3.8) is 0 Å². The average molecular weight is 338 g/mol. The standard InChI is InChI=1S/C21H26N2O2/c1-16-8-4-6-10-19(16)14-22-21(25)12-13-23(18(3)24)15-20-11-7-5-9-17(20)2/h4-11H,12-15H2,1-3H3,(H,22,25). The number of rotatable bonds is 7. The van der Waals surface area contributed by atoms with Gasteiger partial charge in [0.1, 0.15) is 0 Å². The molecule has 0 atom stereocenters. The largest absolute Gasteiger partial charge is 0.352 e. The van der Waals surface area contributed by atoms with Crippen molar-refractivity contribution >= 4 is 11.8 Å². The van der Waals surface area contributed by atoms with Gasteiger partial charge in [0, 0.05) is 33.0 Å².